The molecule has 1 aromatic carbocycles. The maximum absolute atomic E-state index is 12.3. The number of nitrogens with zero attached hydrogens (tertiary/aromatic N) is 1. The number of rotatable bonds is 5. The number of anilines is 2. The molecule has 1 amide bonds. The van der Waals surface area contributed by atoms with Gasteiger partial charge in [-0.2, -0.15) is 0 Å². The van der Waals surface area contributed by atoms with Crippen molar-refractivity contribution >= 4 is 28.1 Å². The van der Waals surface area contributed by atoms with Gasteiger partial charge in [-0.15, -0.1) is 11.3 Å². The second-order valence-corrected chi connectivity index (χ2v) is 5.99. The van der Waals surface area contributed by atoms with Crippen molar-refractivity contribution in [1.29, 1.82) is 0 Å². The van der Waals surface area contributed by atoms with Crippen LogP contribution in [0, 0.1) is 20.8 Å². The highest BCUT2D eigenvalue weighted by molar-refractivity contribution is 7.13. The summed E-state index contributed by atoms with van der Waals surface area (Å²) < 4.78 is 0. The lowest BCUT2D eigenvalue weighted by Crippen LogP contribution is -2.34. The summed E-state index contributed by atoms with van der Waals surface area (Å²) in [5, 5.41) is 8.78. The van der Waals surface area contributed by atoms with Crippen LogP contribution in [-0.2, 0) is 4.79 Å². The predicted octanol–water partition coefficient (Wildman–Crippen LogP) is 3.90. The first-order chi connectivity index (χ1) is 10.0. The molecule has 0 aliphatic heterocycles. The zero-order chi connectivity index (χ0) is 15.4. The molecule has 0 aliphatic carbocycles. The van der Waals surface area contributed by atoms with Gasteiger partial charge in [0.1, 0.15) is 6.04 Å². The van der Waals surface area contributed by atoms with Crippen LogP contribution in [0.2, 0.25) is 0 Å². The third kappa shape index (κ3) is 3.82. The van der Waals surface area contributed by atoms with Crippen molar-refractivity contribution in [3.63, 3.8) is 0 Å². The Morgan fingerprint density at radius 3 is 2.71 bits per heavy atom. The van der Waals surface area contributed by atoms with E-state index in [1.54, 1.807) is 0 Å². The number of carbonyl (C=O) groups is 1. The minimum Gasteiger partial charge on any atom is -0.373 e. The third-order valence-corrected chi connectivity index (χ3v) is 4.38. The van der Waals surface area contributed by atoms with Crippen LogP contribution in [0.3, 0.4) is 0 Å². The average Bonchev–Trinajstić information content (AvgIpc) is 2.85. The minimum absolute atomic E-state index is 0.0484. The largest absolute Gasteiger partial charge is 0.373 e. The molecule has 2 rings (SSSR count). The molecule has 4 nitrogen and oxygen atoms in total. The molecule has 1 heterocycles. The Hall–Kier alpha value is -1.88. The lowest BCUT2D eigenvalue weighted by atomic mass is 10.1. The van der Waals surface area contributed by atoms with E-state index in [9.17, 15) is 4.79 Å². The first kappa shape index (κ1) is 15.5. The van der Waals surface area contributed by atoms with Crippen molar-refractivity contribution in [2.45, 2.75) is 40.2 Å². The monoisotopic (exact) mass is 303 g/mol. The van der Waals surface area contributed by atoms with Gasteiger partial charge in [0.05, 0.1) is 5.69 Å². The van der Waals surface area contributed by atoms with Gasteiger partial charge in [0, 0.05) is 11.1 Å². The molecule has 2 aromatic rings. The fourth-order valence-electron chi connectivity index (χ4n) is 2.05. The van der Waals surface area contributed by atoms with E-state index in [1.807, 2.05) is 31.4 Å². The van der Waals surface area contributed by atoms with E-state index < -0.39 is 0 Å². The van der Waals surface area contributed by atoms with Crippen molar-refractivity contribution in [2.75, 3.05) is 10.6 Å². The molecule has 0 saturated carbocycles. The number of nitrogens with one attached hydrogen (secondary N) is 2. The quantitative estimate of drug-likeness (QED) is 0.881. The van der Waals surface area contributed by atoms with Gasteiger partial charge >= 0.3 is 0 Å². The predicted molar refractivity (Wildman–Crippen MR) is 89.1 cm³/mol. The van der Waals surface area contributed by atoms with Crippen molar-refractivity contribution in [2.24, 2.45) is 0 Å². The number of thiazole rings is 1. The smallest absolute Gasteiger partial charge is 0.248 e. The zero-order valence-corrected chi connectivity index (χ0v) is 13.7. The van der Waals surface area contributed by atoms with Gasteiger partial charge < -0.3 is 10.6 Å². The van der Waals surface area contributed by atoms with Crippen LogP contribution in [0.15, 0.2) is 23.6 Å². The molecule has 0 radical (unpaired) electrons. The first-order valence-electron chi connectivity index (χ1n) is 7.07. The number of amides is 1. The molecule has 0 aliphatic rings. The maximum atomic E-state index is 12.3. The molecule has 21 heavy (non-hydrogen) atoms. The van der Waals surface area contributed by atoms with E-state index in [2.05, 4.69) is 35.5 Å². The summed E-state index contributed by atoms with van der Waals surface area (Å²) in [6.07, 6.45) is 0.712. The summed E-state index contributed by atoms with van der Waals surface area (Å²) in [6, 6.07) is 5.81. The number of hydrogen-bond donors (Lipinski definition) is 2. The second kappa shape index (κ2) is 6.72. The van der Waals surface area contributed by atoms with Crippen LogP contribution in [0.25, 0.3) is 0 Å². The van der Waals surface area contributed by atoms with Gasteiger partial charge in [-0.1, -0.05) is 19.1 Å². The van der Waals surface area contributed by atoms with Crippen LogP contribution in [0.1, 0.15) is 30.2 Å². The molecule has 0 bridgehead atoms. The van der Waals surface area contributed by atoms with Crippen molar-refractivity contribution in [3.05, 3.63) is 40.4 Å². The van der Waals surface area contributed by atoms with Crippen LogP contribution in [0.4, 0.5) is 10.8 Å². The van der Waals surface area contributed by atoms with Crippen LogP contribution >= 0.6 is 11.3 Å². The first-order valence-corrected chi connectivity index (χ1v) is 7.95. The number of carbonyl (C=O) groups excluding carboxylic acids is 1. The Morgan fingerprint density at radius 2 is 2.10 bits per heavy atom. The highest BCUT2D eigenvalue weighted by Gasteiger charge is 2.18. The Balaban J connectivity index is 2.08. The Morgan fingerprint density at radius 1 is 1.33 bits per heavy atom. The summed E-state index contributed by atoms with van der Waals surface area (Å²) in [6.45, 7) is 8.04. The third-order valence-electron chi connectivity index (χ3n) is 3.51. The summed E-state index contributed by atoms with van der Waals surface area (Å²) in [7, 11) is 0. The van der Waals surface area contributed by atoms with E-state index >= 15 is 0 Å². The van der Waals surface area contributed by atoms with Crippen LogP contribution < -0.4 is 10.6 Å². The summed E-state index contributed by atoms with van der Waals surface area (Å²) in [5.74, 6) is -0.0484. The van der Waals surface area contributed by atoms with Crippen LogP contribution in [0.5, 0.6) is 0 Å². The molecule has 1 atom stereocenters. The number of aromatic nitrogens is 1. The van der Waals surface area contributed by atoms with Gasteiger partial charge in [0.15, 0.2) is 5.13 Å². The number of hydrogen-bond acceptors (Lipinski definition) is 4. The molecule has 0 saturated heterocycles. The SMILES string of the molecule is CC[C@H](Nc1cccc(C)c1C)C(=O)Nc1nc(C)cs1. The topological polar surface area (TPSA) is 54.0 Å². The highest BCUT2D eigenvalue weighted by Crippen LogP contribution is 2.20. The van der Waals surface area contributed by atoms with Gasteiger partial charge in [-0.25, -0.2) is 4.98 Å². The summed E-state index contributed by atoms with van der Waals surface area (Å²) in [4.78, 5) is 16.6. The maximum Gasteiger partial charge on any atom is 0.248 e. The van der Waals surface area contributed by atoms with Crippen molar-refractivity contribution in [1.82, 2.24) is 4.98 Å². The zero-order valence-electron chi connectivity index (χ0n) is 12.9. The van der Waals surface area contributed by atoms with E-state index in [0.29, 0.717) is 11.6 Å². The highest BCUT2D eigenvalue weighted by atomic mass is 32.1. The summed E-state index contributed by atoms with van der Waals surface area (Å²) >= 11 is 1.45. The Kier molecular flexibility index (Phi) is 4.96. The van der Waals surface area contributed by atoms with Gasteiger partial charge in [0.2, 0.25) is 5.91 Å². The number of aryl methyl sites for hydroxylation is 2. The standard InChI is InChI=1S/C16H21N3OS/c1-5-13(15(20)19-16-17-11(3)9-21-16)18-14-8-6-7-10(2)12(14)4/h6-9,13,18H,5H2,1-4H3,(H,17,19,20)/t13-/m0/s1. The molecule has 1 aromatic heterocycles. The van der Waals surface area contributed by atoms with Gasteiger partial charge in [-0.05, 0) is 44.4 Å². The lowest BCUT2D eigenvalue weighted by molar-refractivity contribution is -0.116. The summed E-state index contributed by atoms with van der Waals surface area (Å²) in [5.41, 5.74) is 4.32. The Bertz CT molecular complexity index is 636. The lowest BCUT2D eigenvalue weighted by Gasteiger charge is -2.19. The van der Waals surface area contributed by atoms with E-state index in [0.717, 1.165) is 11.4 Å². The van der Waals surface area contributed by atoms with Crippen molar-refractivity contribution < 1.29 is 4.79 Å². The molecule has 2 N–H and O–H groups in total. The number of benzene rings is 1. The van der Waals surface area contributed by atoms with Gasteiger partial charge in [0.25, 0.3) is 0 Å². The molecular weight excluding hydrogens is 282 g/mol. The van der Waals surface area contributed by atoms with E-state index in [4.69, 9.17) is 0 Å². The molecule has 0 fully saturated rings. The van der Waals surface area contributed by atoms with E-state index in [-0.39, 0.29) is 11.9 Å². The molecule has 0 unspecified atom stereocenters. The van der Waals surface area contributed by atoms with Gasteiger partial charge in [-0.3, -0.25) is 4.79 Å². The minimum atomic E-state index is -0.269. The molecule has 5 heteroatoms. The van der Waals surface area contributed by atoms with Crippen molar-refractivity contribution in [3.8, 4) is 0 Å². The Labute approximate surface area is 129 Å². The van der Waals surface area contributed by atoms with Crippen LogP contribution in [-0.4, -0.2) is 16.9 Å². The molecule has 0 spiro atoms. The fourth-order valence-corrected chi connectivity index (χ4v) is 2.74. The fraction of sp³-hybridized carbons (Fsp3) is 0.375. The van der Waals surface area contributed by atoms with E-state index in [1.165, 1.54) is 22.5 Å². The molecule has 112 valence electrons. The molecular formula is C16H21N3OS. The second-order valence-electron chi connectivity index (χ2n) is 5.14. The average molecular weight is 303 g/mol. The normalized spacial score (nSPS) is 12.0.